The number of aliphatic hydroxyl groups is 2. The number of ether oxygens (including phenoxy) is 2. The van der Waals surface area contributed by atoms with E-state index in [4.69, 9.17) is 19.5 Å². The molecule has 2 unspecified atom stereocenters. The Hall–Kier alpha value is -3.16. The molecular formula is C40H62N2O6. The Morgan fingerprint density at radius 3 is 1.69 bits per heavy atom. The van der Waals surface area contributed by atoms with Gasteiger partial charge in [-0.05, 0) is 106 Å². The summed E-state index contributed by atoms with van der Waals surface area (Å²) in [7, 11) is 0. The highest BCUT2D eigenvalue weighted by Gasteiger charge is 2.41. The Kier molecular flexibility index (Phi) is 12.8. The fourth-order valence-corrected chi connectivity index (χ4v) is 7.47. The number of carbonyl (C=O) groups excluding carboxylic acids is 2. The fraction of sp³-hybridized carbons (Fsp3) is 0.700. The Balaban J connectivity index is 1.92. The highest BCUT2D eigenvalue weighted by molar-refractivity contribution is 6.02. The zero-order valence-electron chi connectivity index (χ0n) is 31.6. The van der Waals surface area contributed by atoms with Crippen molar-refractivity contribution >= 4 is 23.4 Å². The van der Waals surface area contributed by atoms with Crippen LogP contribution in [0.3, 0.4) is 0 Å². The van der Waals surface area contributed by atoms with Gasteiger partial charge < -0.3 is 19.7 Å². The molecule has 8 heteroatoms. The minimum absolute atomic E-state index is 0.0507. The molecule has 0 aromatic carbocycles. The third-order valence-corrected chi connectivity index (χ3v) is 9.37. The molecule has 3 aliphatic rings. The van der Waals surface area contributed by atoms with Gasteiger partial charge in [0.15, 0.2) is 0 Å². The van der Waals surface area contributed by atoms with Crippen LogP contribution in [0.25, 0.3) is 0 Å². The van der Waals surface area contributed by atoms with Crippen LogP contribution in [-0.2, 0) is 19.1 Å². The second kappa shape index (κ2) is 15.6. The van der Waals surface area contributed by atoms with Crippen molar-refractivity contribution in [3.05, 3.63) is 46.0 Å². The molecule has 0 aliphatic heterocycles. The van der Waals surface area contributed by atoms with Crippen LogP contribution in [0, 0.1) is 21.7 Å². The minimum atomic E-state index is -0.591. The molecule has 48 heavy (non-hydrogen) atoms. The highest BCUT2D eigenvalue weighted by atomic mass is 16.5. The molecule has 0 heterocycles. The summed E-state index contributed by atoms with van der Waals surface area (Å²) in [5.41, 5.74) is 2.85. The van der Waals surface area contributed by atoms with Crippen LogP contribution in [0.4, 0.5) is 0 Å². The molecule has 0 spiro atoms. The van der Waals surface area contributed by atoms with E-state index in [9.17, 15) is 19.8 Å². The van der Waals surface area contributed by atoms with Gasteiger partial charge in [-0.3, -0.25) is 9.98 Å². The fourth-order valence-electron chi connectivity index (χ4n) is 7.47. The van der Waals surface area contributed by atoms with E-state index in [1.807, 2.05) is 53.7 Å². The first kappa shape index (κ1) is 39.3. The lowest BCUT2D eigenvalue weighted by molar-refractivity contribution is -0.139. The van der Waals surface area contributed by atoms with Crippen LogP contribution in [0.2, 0.25) is 0 Å². The second-order valence-electron chi connectivity index (χ2n) is 17.1. The number of hydrogen-bond donors (Lipinski definition) is 2. The highest BCUT2D eigenvalue weighted by Crippen LogP contribution is 2.48. The lowest BCUT2D eigenvalue weighted by Gasteiger charge is -2.45. The van der Waals surface area contributed by atoms with Gasteiger partial charge in [0.25, 0.3) is 0 Å². The van der Waals surface area contributed by atoms with Crippen molar-refractivity contribution in [1.29, 1.82) is 0 Å². The van der Waals surface area contributed by atoms with Crippen LogP contribution in [0.5, 0.6) is 0 Å². The Labute approximate surface area is 289 Å². The topological polar surface area (TPSA) is 118 Å². The third kappa shape index (κ3) is 10.4. The molecule has 3 rings (SSSR count). The second-order valence-corrected chi connectivity index (χ2v) is 17.1. The maximum atomic E-state index is 13.0. The predicted octanol–water partition coefficient (Wildman–Crippen LogP) is 9.52. The van der Waals surface area contributed by atoms with Crippen molar-refractivity contribution in [2.24, 2.45) is 31.6 Å². The van der Waals surface area contributed by atoms with Crippen molar-refractivity contribution in [3.63, 3.8) is 0 Å². The standard InChI is InChI=1S/C40H62N2O6/c1-12-47-35(45)31(33(43)37(3,4)5)26-16-14-18-28(20-26)41-25-40(11)23-30(22-39(9,10)24-40)42-29-19-15-17-27(21-29)32(36(46)48-13-2)34(44)38(6,7)8/h20-21,30,43-44H,12-19,22-25H2,1-11H3. The van der Waals surface area contributed by atoms with E-state index in [0.29, 0.717) is 19.4 Å². The molecule has 1 fully saturated rings. The monoisotopic (exact) mass is 666 g/mol. The molecule has 0 aromatic rings. The molecule has 0 saturated heterocycles. The largest absolute Gasteiger partial charge is 0.511 e. The molecule has 1 saturated carbocycles. The number of aliphatic hydroxyl groups excluding tert-OH is 2. The van der Waals surface area contributed by atoms with Gasteiger partial charge in [0.1, 0.15) is 22.7 Å². The van der Waals surface area contributed by atoms with E-state index in [1.54, 1.807) is 13.8 Å². The first-order valence-corrected chi connectivity index (χ1v) is 17.9. The Morgan fingerprint density at radius 1 is 0.771 bits per heavy atom. The number of aliphatic imine (C=N–C) groups is 2. The SMILES string of the molecule is CCOC(=O)C(C1=CC(=NCC2(C)CC(N=C3C=C(C(C(=O)OCC)=C(O)C(C)(C)C)CCC3)CC(C)(C)C2)CCC1)=C(O)C(C)(C)C. The third-order valence-electron chi connectivity index (χ3n) is 9.37. The molecule has 0 amide bonds. The summed E-state index contributed by atoms with van der Waals surface area (Å²) in [6.45, 7) is 22.9. The zero-order chi connectivity index (χ0) is 36.1. The summed E-state index contributed by atoms with van der Waals surface area (Å²) in [5, 5.41) is 22.2. The van der Waals surface area contributed by atoms with Crippen molar-refractivity contribution in [2.45, 2.75) is 140 Å². The minimum Gasteiger partial charge on any atom is -0.511 e. The average Bonchev–Trinajstić information content (AvgIpc) is 2.95. The van der Waals surface area contributed by atoms with Gasteiger partial charge in [0, 0.05) is 28.8 Å². The van der Waals surface area contributed by atoms with Crippen LogP contribution < -0.4 is 0 Å². The summed E-state index contributed by atoms with van der Waals surface area (Å²) < 4.78 is 10.7. The van der Waals surface area contributed by atoms with Crippen LogP contribution >= 0.6 is 0 Å². The van der Waals surface area contributed by atoms with Crippen LogP contribution in [0.15, 0.2) is 55.9 Å². The van der Waals surface area contributed by atoms with Crippen molar-refractivity contribution < 1.29 is 29.3 Å². The van der Waals surface area contributed by atoms with Crippen molar-refractivity contribution in [1.82, 2.24) is 0 Å². The van der Waals surface area contributed by atoms with Gasteiger partial charge in [-0.25, -0.2) is 9.59 Å². The number of allylic oxidation sites excluding steroid dienone is 4. The molecule has 0 bridgehead atoms. The number of carbonyl (C=O) groups is 2. The van der Waals surface area contributed by atoms with E-state index >= 15 is 0 Å². The van der Waals surface area contributed by atoms with E-state index in [0.717, 1.165) is 67.5 Å². The quantitative estimate of drug-likeness (QED) is 0.144. The van der Waals surface area contributed by atoms with Crippen molar-refractivity contribution in [3.8, 4) is 0 Å². The summed E-state index contributed by atoms with van der Waals surface area (Å²) in [5.74, 6) is -0.868. The van der Waals surface area contributed by atoms with E-state index in [2.05, 4.69) is 20.8 Å². The van der Waals surface area contributed by atoms with Gasteiger partial charge in [-0.15, -0.1) is 0 Å². The predicted molar refractivity (Wildman–Crippen MR) is 195 cm³/mol. The molecule has 0 aromatic heterocycles. The molecule has 2 atom stereocenters. The van der Waals surface area contributed by atoms with E-state index in [1.165, 1.54) is 0 Å². The molecule has 2 N–H and O–H groups in total. The maximum absolute atomic E-state index is 13.0. The molecule has 8 nitrogen and oxygen atoms in total. The van der Waals surface area contributed by atoms with Gasteiger partial charge in [0.05, 0.1) is 19.3 Å². The molecule has 0 radical (unpaired) electrons. The van der Waals surface area contributed by atoms with Crippen LogP contribution in [0.1, 0.15) is 134 Å². The lowest BCUT2D eigenvalue weighted by Crippen LogP contribution is -2.40. The number of esters is 2. The van der Waals surface area contributed by atoms with Gasteiger partial charge >= 0.3 is 11.9 Å². The number of hydrogen-bond acceptors (Lipinski definition) is 8. The molecule has 3 aliphatic carbocycles. The van der Waals surface area contributed by atoms with Crippen LogP contribution in [-0.4, -0.2) is 59.4 Å². The first-order valence-electron chi connectivity index (χ1n) is 17.9. The molecular weight excluding hydrogens is 604 g/mol. The maximum Gasteiger partial charge on any atom is 0.341 e. The van der Waals surface area contributed by atoms with E-state index in [-0.39, 0.29) is 52.8 Å². The summed E-state index contributed by atoms with van der Waals surface area (Å²) in [6.07, 6.45) is 11.6. The van der Waals surface area contributed by atoms with Gasteiger partial charge in [0.2, 0.25) is 0 Å². The van der Waals surface area contributed by atoms with Crippen molar-refractivity contribution in [2.75, 3.05) is 19.8 Å². The van der Waals surface area contributed by atoms with Gasteiger partial charge in [-0.2, -0.15) is 0 Å². The summed E-state index contributed by atoms with van der Waals surface area (Å²) in [4.78, 5) is 36.4. The smallest absolute Gasteiger partial charge is 0.341 e. The summed E-state index contributed by atoms with van der Waals surface area (Å²) in [6, 6.07) is 0.107. The number of nitrogens with zero attached hydrogens (tertiary/aromatic N) is 2. The van der Waals surface area contributed by atoms with Gasteiger partial charge in [-0.1, -0.05) is 62.3 Å². The number of rotatable bonds is 9. The Morgan fingerprint density at radius 2 is 1.23 bits per heavy atom. The normalized spacial score (nSPS) is 26.3. The lowest BCUT2D eigenvalue weighted by atomic mass is 9.62. The Bertz CT molecular complexity index is 1410. The zero-order valence-corrected chi connectivity index (χ0v) is 31.6. The average molecular weight is 667 g/mol. The van der Waals surface area contributed by atoms with E-state index < -0.39 is 22.8 Å². The molecule has 268 valence electrons. The first-order chi connectivity index (χ1) is 22.2. The summed E-state index contributed by atoms with van der Waals surface area (Å²) >= 11 is 0.